The third-order valence-electron chi connectivity index (χ3n) is 3.44. The lowest BCUT2D eigenvalue weighted by molar-refractivity contribution is -0.111. The van der Waals surface area contributed by atoms with Crippen LogP contribution in [0.3, 0.4) is 0 Å². The Morgan fingerprint density at radius 1 is 1.71 bits per heavy atom. The standard InChI is InChI=1S/C11H17N3O2S/c1-4-16-9-5-8(11(9,2)3)13-10(15)7-6-12-14-17-7/h6,8-9H,4-5H2,1-3H3,(H,13,15)/t8-,9+/m1/s1. The number of nitrogens with one attached hydrogen (secondary N) is 1. The molecule has 1 N–H and O–H groups in total. The Bertz CT molecular complexity index is 391. The van der Waals surface area contributed by atoms with Crippen LogP contribution >= 0.6 is 11.5 Å². The van der Waals surface area contributed by atoms with Crippen LogP contribution in [-0.2, 0) is 4.74 Å². The molecule has 1 aliphatic carbocycles. The van der Waals surface area contributed by atoms with Crippen molar-refractivity contribution in [2.45, 2.75) is 39.3 Å². The van der Waals surface area contributed by atoms with Gasteiger partial charge >= 0.3 is 0 Å². The molecule has 0 unspecified atom stereocenters. The Balaban J connectivity index is 1.92. The largest absolute Gasteiger partial charge is 0.378 e. The van der Waals surface area contributed by atoms with E-state index in [9.17, 15) is 4.79 Å². The van der Waals surface area contributed by atoms with E-state index < -0.39 is 0 Å². The van der Waals surface area contributed by atoms with Crippen molar-refractivity contribution in [3.8, 4) is 0 Å². The van der Waals surface area contributed by atoms with Gasteiger partial charge in [-0.25, -0.2) is 0 Å². The molecule has 0 bridgehead atoms. The van der Waals surface area contributed by atoms with Gasteiger partial charge in [-0.1, -0.05) is 18.3 Å². The lowest BCUT2D eigenvalue weighted by atomic mass is 9.64. The molecule has 1 aromatic rings. The van der Waals surface area contributed by atoms with Gasteiger partial charge in [0.1, 0.15) is 4.88 Å². The normalized spacial score (nSPS) is 26.3. The lowest BCUT2D eigenvalue weighted by Gasteiger charge is -2.51. The fourth-order valence-corrected chi connectivity index (χ4v) is 2.53. The molecule has 0 aliphatic heterocycles. The SMILES string of the molecule is CCO[C@H]1C[C@@H](NC(=O)c2cnns2)C1(C)C. The lowest BCUT2D eigenvalue weighted by Crippen LogP contribution is -2.62. The van der Waals surface area contributed by atoms with Crippen molar-refractivity contribution in [1.29, 1.82) is 0 Å². The second-order valence-electron chi connectivity index (χ2n) is 4.81. The van der Waals surface area contributed by atoms with Crippen LogP contribution < -0.4 is 5.32 Å². The first kappa shape index (κ1) is 12.4. The summed E-state index contributed by atoms with van der Waals surface area (Å²) in [4.78, 5) is 12.4. The Kier molecular flexibility index (Phi) is 3.44. The molecule has 0 saturated heterocycles. The summed E-state index contributed by atoms with van der Waals surface area (Å²) in [5, 5.41) is 6.67. The minimum atomic E-state index is -0.0898. The highest BCUT2D eigenvalue weighted by Gasteiger charge is 2.49. The van der Waals surface area contributed by atoms with Crippen molar-refractivity contribution in [1.82, 2.24) is 14.9 Å². The average Bonchev–Trinajstić information content (AvgIpc) is 2.81. The molecule has 1 saturated carbocycles. The summed E-state index contributed by atoms with van der Waals surface area (Å²) in [5.41, 5.74) is -0.0101. The van der Waals surface area contributed by atoms with Gasteiger partial charge in [0.2, 0.25) is 0 Å². The molecule has 6 heteroatoms. The molecule has 1 aromatic heterocycles. The van der Waals surface area contributed by atoms with E-state index in [0.29, 0.717) is 11.5 Å². The fourth-order valence-electron chi connectivity index (χ4n) is 2.11. The summed E-state index contributed by atoms with van der Waals surface area (Å²) in [6.45, 7) is 6.94. The van der Waals surface area contributed by atoms with Gasteiger partial charge in [0.15, 0.2) is 0 Å². The first-order valence-corrected chi connectivity index (χ1v) is 6.53. The van der Waals surface area contributed by atoms with Crippen molar-refractivity contribution in [3.63, 3.8) is 0 Å². The maximum Gasteiger partial charge on any atom is 0.264 e. The highest BCUT2D eigenvalue weighted by Crippen LogP contribution is 2.42. The van der Waals surface area contributed by atoms with E-state index >= 15 is 0 Å². The van der Waals surface area contributed by atoms with Crippen molar-refractivity contribution in [3.05, 3.63) is 11.1 Å². The molecule has 0 aromatic carbocycles. The van der Waals surface area contributed by atoms with Gasteiger partial charge in [0.25, 0.3) is 5.91 Å². The van der Waals surface area contributed by atoms with Gasteiger partial charge < -0.3 is 10.1 Å². The molecule has 1 heterocycles. The number of carbonyl (C=O) groups is 1. The Labute approximate surface area is 105 Å². The zero-order valence-corrected chi connectivity index (χ0v) is 11.1. The number of ether oxygens (including phenoxy) is 1. The number of carbonyl (C=O) groups excluding carboxylic acids is 1. The summed E-state index contributed by atoms with van der Waals surface area (Å²) < 4.78 is 9.30. The van der Waals surface area contributed by atoms with Crippen molar-refractivity contribution in [2.24, 2.45) is 5.41 Å². The maximum absolute atomic E-state index is 11.8. The van der Waals surface area contributed by atoms with E-state index in [2.05, 4.69) is 28.8 Å². The molecule has 2 rings (SSSR count). The van der Waals surface area contributed by atoms with Gasteiger partial charge in [0, 0.05) is 18.1 Å². The molecule has 1 aliphatic rings. The van der Waals surface area contributed by atoms with Crippen LogP contribution in [0.4, 0.5) is 0 Å². The molecular weight excluding hydrogens is 238 g/mol. The highest BCUT2D eigenvalue weighted by molar-refractivity contribution is 7.07. The predicted octanol–water partition coefficient (Wildman–Crippen LogP) is 1.47. The van der Waals surface area contributed by atoms with Gasteiger partial charge in [-0.3, -0.25) is 4.79 Å². The molecular formula is C11H17N3O2S. The predicted molar refractivity (Wildman–Crippen MR) is 65.0 cm³/mol. The number of amides is 1. The molecule has 0 radical (unpaired) electrons. The smallest absolute Gasteiger partial charge is 0.264 e. The average molecular weight is 255 g/mol. The summed E-state index contributed by atoms with van der Waals surface area (Å²) in [7, 11) is 0. The van der Waals surface area contributed by atoms with E-state index in [-0.39, 0.29) is 23.5 Å². The second-order valence-corrected chi connectivity index (χ2v) is 5.59. The number of hydrogen-bond donors (Lipinski definition) is 1. The van der Waals surface area contributed by atoms with Crippen LogP contribution in [0.25, 0.3) is 0 Å². The van der Waals surface area contributed by atoms with Crippen LogP contribution in [0.5, 0.6) is 0 Å². The molecule has 1 fully saturated rings. The van der Waals surface area contributed by atoms with E-state index in [1.807, 2.05) is 6.92 Å². The van der Waals surface area contributed by atoms with Crippen molar-refractivity contribution < 1.29 is 9.53 Å². The van der Waals surface area contributed by atoms with Crippen LogP contribution in [0.1, 0.15) is 36.9 Å². The van der Waals surface area contributed by atoms with E-state index in [0.717, 1.165) is 18.0 Å². The maximum atomic E-state index is 11.8. The van der Waals surface area contributed by atoms with E-state index in [1.54, 1.807) is 0 Å². The zero-order chi connectivity index (χ0) is 12.5. The summed E-state index contributed by atoms with van der Waals surface area (Å²) in [6, 6.07) is 0.161. The van der Waals surface area contributed by atoms with Crippen LogP contribution in [0.15, 0.2) is 6.20 Å². The second kappa shape index (κ2) is 4.70. The monoisotopic (exact) mass is 255 g/mol. The summed E-state index contributed by atoms with van der Waals surface area (Å²) >= 11 is 1.11. The fraction of sp³-hybridized carbons (Fsp3) is 0.727. The van der Waals surface area contributed by atoms with Gasteiger partial charge in [-0.2, -0.15) is 0 Å². The van der Waals surface area contributed by atoms with Gasteiger partial charge in [-0.15, -0.1) is 5.10 Å². The number of aromatic nitrogens is 2. The molecule has 1 amide bonds. The number of rotatable bonds is 4. The Hall–Kier alpha value is -1.01. The van der Waals surface area contributed by atoms with Crippen LogP contribution in [-0.4, -0.2) is 34.2 Å². The van der Waals surface area contributed by atoms with E-state index in [1.165, 1.54) is 6.20 Å². The summed E-state index contributed by atoms with van der Waals surface area (Å²) in [6.07, 6.45) is 2.60. The Morgan fingerprint density at radius 2 is 2.47 bits per heavy atom. The minimum Gasteiger partial charge on any atom is -0.378 e. The number of nitrogens with zero attached hydrogens (tertiary/aromatic N) is 2. The van der Waals surface area contributed by atoms with Crippen LogP contribution in [0.2, 0.25) is 0 Å². The molecule has 0 spiro atoms. The summed E-state index contributed by atoms with van der Waals surface area (Å²) in [5.74, 6) is -0.0898. The molecule has 5 nitrogen and oxygen atoms in total. The topological polar surface area (TPSA) is 64.1 Å². The van der Waals surface area contributed by atoms with Crippen LogP contribution in [0, 0.1) is 5.41 Å². The van der Waals surface area contributed by atoms with Crippen molar-refractivity contribution in [2.75, 3.05) is 6.61 Å². The minimum absolute atomic E-state index is 0.0101. The third kappa shape index (κ3) is 2.32. The Morgan fingerprint density at radius 3 is 3.00 bits per heavy atom. The van der Waals surface area contributed by atoms with Gasteiger partial charge in [-0.05, 0) is 24.9 Å². The van der Waals surface area contributed by atoms with Crippen molar-refractivity contribution >= 4 is 17.4 Å². The first-order chi connectivity index (χ1) is 8.05. The molecule has 17 heavy (non-hydrogen) atoms. The third-order valence-corrected chi connectivity index (χ3v) is 4.10. The number of hydrogen-bond acceptors (Lipinski definition) is 5. The van der Waals surface area contributed by atoms with Gasteiger partial charge in [0.05, 0.1) is 12.3 Å². The zero-order valence-electron chi connectivity index (χ0n) is 10.3. The highest BCUT2D eigenvalue weighted by atomic mass is 32.1. The van der Waals surface area contributed by atoms with E-state index in [4.69, 9.17) is 4.74 Å². The molecule has 2 atom stereocenters. The molecule has 94 valence electrons. The quantitative estimate of drug-likeness (QED) is 0.885. The first-order valence-electron chi connectivity index (χ1n) is 5.75.